The minimum atomic E-state index is -1.05. The molecule has 128 valence electrons. The van der Waals surface area contributed by atoms with Gasteiger partial charge in [-0.1, -0.05) is 50.2 Å². The van der Waals surface area contributed by atoms with E-state index < -0.39 is 11.4 Å². The number of hydrogen-bond acceptors (Lipinski definition) is 4. The maximum Gasteiger partial charge on any atom is 1.00 e. The van der Waals surface area contributed by atoms with Crippen molar-refractivity contribution in [1.29, 1.82) is 0 Å². The Morgan fingerprint density at radius 2 is 1.73 bits per heavy atom. The molecule has 0 N–H and O–H groups in total. The number of hydrogen-bond donors (Lipinski definition) is 0. The Labute approximate surface area is 175 Å². The quantitative estimate of drug-likeness (QED) is 0.589. The number of carbonyl (C=O) groups is 1. The van der Waals surface area contributed by atoms with Gasteiger partial charge < -0.3 is 14.6 Å². The van der Waals surface area contributed by atoms with E-state index >= 15 is 0 Å². The van der Waals surface area contributed by atoms with Crippen molar-refractivity contribution in [2.24, 2.45) is 5.41 Å². The fourth-order valence-electron chi connectivity index (χ4n) is 2.63. The number of aromatic nitrogens is 1. The van der Waals surface area contributed by atoms with Crippen LogP contribution in [0.1, 0.15) is 25.1 Å². The number of benzene rings is 2. The van der Waals surface area contributed by atoms with Crippen molar-refractivity contribution in [3.05, 3.63) is 71.9 Å². The Hall–Kier alpha value is -1.88. The maximum absolute atomic E-state index is 11.1. The topological polar surface area (TPSA) is 62.2 Å². The molecule has 1 heterocycles. The molecule has 0 spiro atoms. The molecule has 4 nitrogen and oxygen atoms in total. The maximum atomic E-state index is 11.1. The van der Waals surface area contributed by atoms with E-state index in [-0.39, 0.29) is 29.6 Å². The Balaban J connectivity index is 0.00000243. The second-order valence-corrected chi connectivity index (χ2v) is 6.78. The van der Waals surface area contributed by atoms with Crippen LogP contribution in [0.4, 0.5) is 0 Å². The van der Waals surface area contributed by atoms with Crippen molar-refractivity contribution in [2.75, 3.05) is 0 Å². The zero-order valence-corrected chi connectivity index (χ0v) is 17.4. The third-order valence-corrected chi connectivity index (χ3v) is 4.16. The van der Waals surface area contributed by atoms with E-state index in [4.69, 9.17) is 4.74 Å². The summed E-state index contributed by atoms with van der Waals surface area (Å²) in [6.07, 6.45) is 0.418. The van der Waals surface area contributed by atoms with Crippen molar-refractivity contribution < 1.29 is 44.2 Å². The standard InChI is InChI=1S/C21H21NO3.Na/c1-21(2,20(23)24)13-15-7-11-18(12-8-15)25-14-17-10-9-16-5-3-4-6-19(16)22-17;/h3-12H,13-14H2,1-2H3,(H,23,24);/q;+1/p-1. The molecule has 0 aliphatic rings. The van der Waals surface area contributed by atoms with Crippen molar-refractivity contribution in [3.8, 4) is 5.75 Å². The van der Waals surface area contributed by atoms with Crippen LogP contribution in [0.3, 0.4) is 0 Å². The monoisotopic (exact) mass is 357 g/mol. The zero-order chi connectivity index (χ0) is 17.9. The van der Waals surface area contributed by atoms with Crippen molar-refractivity contribution in [1.82, 2.24) is 4.98 Å². The van der Waals surface area contributed by atoms with E-state index in [0.29, 0.717) is 13.0 Å². The molecule has 0 amide bonds. The molecule has 0 saturated heterocycles. The largest absolute Gasteiger partial charge is 1.00 e. The fourth-order valence-corrected chi connectivity index (χ4v) is 2.63. The Morgan fingerprint density at radius 3 is 2.42 bits per heavy atom. The predicted molar refractivity (Wildman–Crippen MR) is 95.0 cm³/mol. The molecule has 3 rings (SSSR count). The van der Waals surface area contributed by atoms with E-state index in [1.165, 1.54) is 0 Å². The van der Waals surface area contributed by atoms with Gasteiger partial charge in [-0.15, -0.1) is 0 Å². The smallest absolute Gasteiger partial charge is 0.550 e. The predicted octanol–water partition coefficient (Wildman–Crippen LogP) is 0.136. The van der Waals surface area contributed by atoms with Gasteiger partial charge in [-0.05, 0) is 36.2 Å². The first-order chi connectivity index (χ1) is 11.9. The molecule has 1 aromatic heterocycles. The summed E-state index contributed by atoms with van der Waals surface area (Å²) < 4.78 is 5.78. The minimum absolute atomic E-state index is 0. The molecular formula is C21H20NNaO3. The number of fused-ring (bicyclic) bond motifs is 1. The molecule has 0 aliphatic heterocycles. The number of ether oxygens (including phenoxy) is 1. The Morgan fingerprint density at radius 1 is 1.04 bits per heavy atom. The Bertz CT molecular complexity index is 891. The van der Waals surface area contributed by atoms with Crippen LogP contribution in [0.2, 0.25) is 0 Å². The molecule has 0 atom stereocenters. The van der Waals surface area contributed by atoms with Gasteiger partial charge >= 0.3 is 29.6 Å². The molecular weight excluding hydrogens is 337 g/mol. The molecule has 0 saturated carbocycles. The molecule has 0 radical (unpaired) electrons. The first-order valence-electron chi connectivity index (χ1n) is 8.22. The van der Waals surface area contributed by atoms with E-state index in [2.05, 4.69) is 4.98 Å². The second kappa shape index (κ2) is 8.67. The van der Waals surface area contributed by atoms with Crippen LogP contribution >= 0.6 is 0 Å². The van der Waals surface area contributed by atoms with Gasteiger partial charge in [-0.3, -0.25) is 0 Å². The van der Waals surface area contributed by atoms with Gasteiger partial charge in [0.1, 0.15) is 12.4 Å². The average Bonchev–Trinajstić information content (AvgIpc) is 2.60. The molecule has 0 bridgehead atoms. The van der Waals surface area contributed by atoms with Crippen LogP contribution in [-0.4, -0.2) is 11.0 Å². The van der Waals surface area contributed by atoms with Crippen molar-refractivity contribution in [2.45, 2.75) is 26.9 Å². The van der Waals surface area contributed by atoms with Gasteiger partial charge in [-0.25, -0.2) is 4.98 Å². The van der Waals surface area contributed by atoms with Gasteiger partial charge in [0.15, 0.2) is 0 Å². The van der Waals surface area contributed by atoms with Crippen LogP contribution in [0.5, 0.6) is 5.75 Å². The van der Waals surface area contributed by atoms with E-state index in [1.54, 1.807) is 13.8 Å². The number of rotatable bonds is 6. The van der Waals surface area contributed by atoms with Gasteiger partial charge in [0.25, 0.3) is 0 Å². The summed E-state index contributed by atoms with van der Waals surface area (Å²) in [5.41, 5.74) is 1.85. The van der Waals surface area contributed by atoms with E-state index in [1.807, 2.05) is 60.7 Å². The Kier molecular flexibility index (Phi) is 6.81. The third kappa shape index (κ3) is 5.07. The van der Waals surface area contributed by atoms with Crippen molar-refractivity contribution >= 4 is 16.9 Å². The summed E-state index contributed by atoms with van der Waals surface area (Å²) in [7, 11) is 0. The summed E-state index contributed by atoms with van der Waals surface area (Å²) in [6, 6.07) is 19.4. The summed E-state index contributed by atoms with van der Waals surface area (Å²) >= 11 is 0. The molecule has 3 aromatic rings. The number of para-hydroxylation sites is 1. The summed E-state index contributed by atoms with van der Waals surface area (Å²) in [5, 5.41) is 12.2. The van der Waals surface area contributed by atoms with E-state index in [0.717, 1.165) is 27.9 Å². The summed E-state index contributed by atoms with van der Waals surface area (Å²) in [5.74, 6) is -0.319. The van der Waals surface area contributed by atoms with E-state index in [9.17, 15) is 9.90 Å². The van der Waals surface area contributed by atoms with Crippen LogP contribution in [0, 0.1) is 5.41 Å². The fraction of sp³-hybridized carbons (Fsp3) is 0.238. The van der Waals surface area contributed by atoms with Crippen LogP contribution < -0.4 is 39.4 Å². The number of aliphatic carboxylic acids is 1. The number of carbonyl (C=O) groups excluding carboxylic acids is 1. The second-order valence-electron chi connectivity index (χ2n) is 6.78. The molecule has 0 unspecified atom stereocenters. The van der Waals surface area contributed by atoms with Gasteiger partial charge in [0.2, 0.25) is 0 Å². The molecule has 26 heavy (non-hydrogen) atoms. The first-order valence-corrected chi connectivity index (χ1v) is 8.22. The third-order valence-electron chi connectivity index (χ3n) is 4.16. The first kappa shape index (κ1) is 20.4. The number of pyridine rings is 1. The normalized spacial score (nSPS) is 11.0. The van der Waals surface area contributed by atoms with Crippen molar-refractivity contribution in [3.63, 3.8) is 0 Å². The van der Waals surface area contributed by atoms with Gasteiger partial charge in [0.05, 0.1) is 11.2 Å². The number of nitrogens with zero attached hydrogens (tertiary/aromatic N) is 1. The zero-order valence-electron chi connectivity index (χ0n) is 15.4. The molecule has 0 aliphatic carbocycles. The van der Waals surface area contributed by atoms with Crippen LogP contribution in [0.15, 0.2) is 60.7 Å². The number of carboxylic acids is 1. The average molecular weight is 357 g/mol. The SMILES string of the molecule is CC(C)(Cc1ccc(OCc2ccc3ccccc3n2)cc1)C(=O)[O-].[Na+]. The molecule has 0 fully saturated rings. The molecule has 5 heteroatoms. The number of carboxylic acid groups (broad SMARTS) is 1. The van der Waals surface area contributed by atoms with Crippen LogP contribution in [0.25, 0.3) is 10.9 Å². The van der Waals surface area contributed by atoms with Gasteiger partial charge in [-0.2, -0.15) is 0 Å². The summed E-state index contributed by atoms with van der Waals surface area (Å²) in [4.78, 5) is 15.7. The minimum Gasteiger partial charge on any atom is -0.550 e. The van der Waals surface area contributed by atoms with Gasteiger partial charge in [0, 0.05) is 16.8 Å². The van der Waals surface area contributed by atoms with Crippen LogP contribution in [-0.2, 0) is 17.8 Å². The molecule has 2 aromatic carbocycles. The summed E-state index contributed by atoms with van der Waals surface area (Å²) in [6.45, 7) is 3.71.